The van der Waals surface area contributed by atoms with Crippen LogP contribution < -0.4 is 19.6 Å². The summed E-state index contributed by atoms with van der Waals surface area (Å²) in [5.74, 6) is 0.744. The van der Waals surface area contributed by atoms with Gasteiger partial charge in [0.15, 0.2) is 4.80 Å². The highest BCUT2D eigenvalue weighted by atomic mass is 79.9. The van der Waals surface area contributed by atoms with Crippen LogP contribution in [0.25, 0.3) is 17.4 Å². The summed E-state index contributed by atoms with van der Waals surface area (Å²) < 4.78 is 18.7. The fourth-order valence-electron chi connectivity index (χ4n) is 4.53. The Morgan fingerprint density at radius 3 is 2.60 bits per heavy atom. The van der Waals surface area contributed by atoms with Gasteiger partial charge >= 0.3 is 5.97 Å². The first-order chi connectivity index (χ1) is 20.0. The molecule has 4 aromatic rings. The van der Waals surface area contributed by atoms with Crippen molar-refractivity contribution >= 4 is 56.6 Å². The lowest BCUT2D eigenvalue weighted by Crippen LogP contribution is -2.40. The molecule has 1 atom stereocenters. The molecular formula is C29H23BrClN3O7S. The predicted molar refractivity (Wildman–Crippen MR) is 161 cm³/mol. The minimum absolute atomic E-state index is 0.158. The van der Waals surface area contributed by atoms with Gasteiger partial charge in [-0.15, -0.1) is 0 Å². The average molecular weight is 673 g/mol. The first-order valence-electron chi connectivity index (χ1n) is 12.6. The highest BCUT2D eigenvalue weighted by molar-refractivity contribution is 9.10. The molecule has 0 N–H and O–H groups in total. The molecule has 0 saturated carbocycles. The van der Waals surface area contributed by atoms with E-state index in [4.69, 9.17) is 25.5 Å². The van der Waals surface area contributed by atoms with E-state index in [9.17, 15) is 19.7 Å². The predicted octanol–water partition coefficient (Wildman–Crippen LogP) is 5.78. The summed E-state index contributed by atoms with van der Waals surface area (Å²) in [6.45, 7) is 5.22. The summed E-state index contributed by atoms with van der Waals surface area (Å²) in [6, 6.07) is 12.5. The van der Waals surface area contributed by atoms with E-state index in [2.05, 4.69) is 20.9 Å². The van der Waals surface area contributed by atoms with Crippen LogP contribution in [0.5, 0.6) is 5.75 Å². The third-order valence-electron chi connectivity index (χ3n) is 6.41. The molecule has 0 unspecified atom stereocenters. The Morgan fingerprint density at radius 2 is 1.95 bits per heavy atom. The molecule has 5 rings (SSSR count). The molecule has 0 bridgehead atoms. The summed E-state index contributed by atoms with van der Waals surface area (Å²) in [5.41, 5.74) is 1.22. The molecule has 0 radical (unpaired) electrons. The summed E-state index contributed by atoms with van der Waals surface area (Å²) in [7, 11) is 1.56. The van der Waals surface area contributed by atoms with Crippen LogP contribution in [0.15, 0.2) is 78.5 Å². The highest BCUT2D eigenvalue weighted by Gasteiger charge is 2.34. The number of nitro groups is 1. The maximum absolute atomic E-state index is 13.8. The van der Waals surface area contributed by atoms with Crippen molar-refractivity contribution in [3.05, 3.63) is 110 Å². The number of methoxy groups -OCH3 is 1. The van der Waals surface area contributed by atoms with Gasteiger partial charge in [0.1, 0.15) is 21.7 Å². The van der Waals surface area contributed by atoms with Gasteiger partial charge in [0.2, 0.25) is 0 Å². The molecule has 0 saturated heterocycles. The van der Waals surface area contributed by atoms with E-state index in [1.54, 1.807) is 76.4 Å². The minimum Gasteiger partial charge on any atom is -0.497 e. The maximum atomic E-state index is 13.8. The first-order valence-corrected chi connectivity index (χ1v) is 14.6. The lowest BCUT2D eigenvalue weighted by Gasteiger charge is -2.25. The quantitative estimate of drug-likeness (QED) is 0.138. The molecule has 0 amide bonds. The van der Waals surface area contributed by atoms with E-state index < -0.39 is 16.9 Å². The van der Waals surface area contributed by atoms with Crippen molar-refractivity contribution in [3.8, 4) is 17.1 Å². The van der Waals surface area contributed by atoms with Gasteiger partial charge in [-0.2, -0.15) is 0 Å². The number of ether oxygens (including phenoxy) is 2. The zero-order valence-corrected chi connectivity index (χ0v) is 25.9. The van der Waals surface area contributed by atoms with E-state index in [1.807, 2.05) is 0 Å². The van der Waals surface area contributed by atoms with Crippen molar-refractivity contribution in [2.24, 2.45) is 4.99 Å². The van der Waals surface area contributed by atoms with Gasteiger partial charge in [-0.25, -0.2) is 9.79 Å². The fraction of sp³-hybridized carbons (Fsp3) is 0.207. The van der Waals surface area contributed by atoms with Crippen molar-refractivity contribution in [2.45, 2.75) is 32.9 Å². The minimum atomic E-state index is -0.779. The highest BCUT2D eigenvalue weighted by Crippen LogP contribution is 2.37. The summed E-state index contributed by atoms with van der Waals surface area (Å²) in [5, 5.41) is 11.6. The van der Waals surface area contributed by atoms with E-state index in [1.165, 1.54) is 10.6 Å². The molecule has 2 aromatic carbocycles. The Hall–Kier alpha value is -4.00. The number of aromatic nitrogens is 1. The lowest BCUT2D eigenvalue weighted by atomic mass is 9.96. The Kier molecular flexibility index (Phi) is 8.22. The standard InChI is InChI=1S/C29H23BrClN3O7S/c1-14(2)40-28(36)24-15(3)32-29-33(26(24)16-5-7-18(39-4)8-6-16)27(35)23(42-29)13-19-9-10-22(41-19)17-11-20(31)25(30)21(12-17)34(37)38/h5-14,26H,1-4H3/b23-13-/t26-/m0/s1. The van der Waals surface area contributed by atoms with Crippen LogP contribution >= 0.6 is 38.9 Å². The number of hydrogen-bond donors (Lipinski definition) is 0. The van der Waals surface area contributed by atoms with Gasteiger partial charge in [0.25, 0.3) is 11.2 Å². The van der Waals surface area contributed by atoms with E-state index >= 15 is 0 Å². The molecule has 216 valence electrons. The number of hydrogen-bond acceptors (Lipinski definition) is 9. The number of esters is 1. The van der Waals surface area contributed by atoms with Crippen LogP contribution in [-0.4, -0.2) is 28.7 Å². The summed E-state index contributed by atoms with van der Waals surface area (Å²) in [6.07, 6.45) is 1.20. The van der Waals surface area contributed by atoms with Gasteiger partial charge < -0.3 is 13.9 Å². The molecule has 13 heteroatoms. The lowest BCUT2D eigenvalue weighted by molar-refractivity contribution is -0.385. The smallest absolute Gasteiger partial charge is 0.338 e. The van der Waals surface area contributed by atoms with Crippen LogP contribution in [0.3, 0.4) is 0 Å². The topological polar surface area (TPSA) is 126 Å². The third-order valence-corrected chi connectivity index (χ3v) is 8.75. The van der Waals surface area contributed by atoms with Crippen LogP contribution in [0.2, 0.25) is 5.02 Å². The van der Waals surface area contributed by atoms with Crippen LogP contribution in [0, 0.1) is 10.1 Å². The van der Waals surface area contributed by atoms with Crippen molar-refractivity contribution in [3.63, 3.8) is 0 Å². The van der Waals surface area contributed by atoms with E-state index in [0.29, 0.717) is 43.4 Å². The van der Waals surface area contributed by atoms with Crippen molar-refractivity contribution in [2.75, 3.05) is 7.11 Å². The number of nitrogens with zero attached hydrogens (tertiary/aromatic N) is 3. The molecule has 1 aliphatic heterocycles. The molecule has 2 aromatic heterocycles. The van der Waals surface area contributed by atoms with Crippen molar-refractivity contribution < 1.29 is 23.6 Å². The number of thiazole rings is 1. The first kappa shape index (κ1) is 29.5. The van der Waals surface area contributed by atoms with Crippen LogP contribution in [0.4, 0.5) is 5.69 Å². The Balaban J connectivity index is 1.62. The van der Waals surface area contributed by atoms with Gasteiger partial charge in [-0.3, -0.25) is 19.5 Å². The van der Waals surface area contributed by atoms with Crippen LogP contribution in [-0.2, 0) is 9.53 Å². The molecule has 42 heavy (non-hydrogen) atoms. The number of rotatable bonds is 7. The molecule has 10 nitrogen and oxygen atoms in total. The molecule has 1 aliphatic rings. The summed E-state index contributed by atoms with van der Waals surface area (Å²) in [4.78, 5) is 43.0. The summed E-state index contributed by atoms with van der Waals surface area (Å²) >= 11 is 10.5. The number of fused-ring (bicyclic) bond motifs is 1. The molecule has 0 aliphatic carbocycles. The van der Waals surface area contributed by atoms with Crippen molar-refractivity contribution in [1.29, 1.82) is 0 Å². The second-order valence-corrected chi connectivity index (χ2v) is 11.8. The SMILES string of the molecule is COc1ccc([C@H]2C(C(=O)OC(C)C)=C(C)N=c3s/c(=C\c4ccc(-c5cc(Cl)c(Br)c([N+](=O)[O-])c5)o4)c(=O)n32)cc1. The van der Waals surface area contributed by atoms with Gasteiger partial charge in [0.05, 0.1) is 45.0 Å². The second kappa shape index (κ2) is 11.7. The number of furan rings is 1. The Bertz CT molecular complexity index is 1940. The van der Waals surface area contributed by atoms with Crippen LogP contribution in [0.1, 0.15) is 38.1 Å². The third kappa shape index (κ3) is 5.57. The van der Waals surface area contributed by atoms with Gasteiger partial charge in [0, 0.05) is 17.7 Å². The number of benzene rings is 2. The Labute approximate surface area is 256 Å². The molecule has 3 heterocycles. The number of halogens is 2. The molecule has 0 spiro atoms. The Morgan fingerprint density at radius 1 is 1.24 bits per heavy atom. The van der Waals surface area contributed by atoms with E-state index in [0.717, 1.165) is 11.3 Å². The number of nitro benzene ring substituents is 1. The average Bonchev–Trinajstić information content (AvgIpc) is 3.53. The molecular weight excluding hydrogens is 650 g/mol. The second-order valence-electron chi connectivity index (χ2n) is 9.56. The normalized spacial score (nSPS) is 15.0. The van der Waals surface area contributed by atoms with Gasteiger partial charge in [-0.05, 0) is 72.6 Å². The number of carbonyl (C=O) groups excluding carboxylic acids is 1. The maximum Gasteiger partial charge on any atom is 0.338 e. The zero-order chi connectivity index (χ0) is 30.3. The van der Waals surface area contributed by atoms with Crippen molar-refractivity contribution in [1.82, 2.24) is 4.57 Å². The number of carbonyl (C=O) groups is 1. The fourth-order valence-corrected chi connectivity index (χ4v) is 6.14. The largest absolute Gasteiger partial charge is 0.497 e. The van der Waals surface area contributed by atoms with Gasteiger partial charge in [-0.1, -0.05) is 35.1 Å². The van der Waals surface area contributed by atoms with E-state index in [-0.39, 0.29) is 32.4 Å². The monoisotopic (exact) mass is 671 g/mol. The molecule has 0 fully saturated rings. The zero-order valence-electron chi connectivity index (χ0n) is 22.7. The number of allylic oxidation sites excluding steroid dienone is 1.